The SMILES string of the molecule is CCOc1ccccc1C(N)CCc1ccccn1. The lowest BCUT2D eigenvalue weighted by Crippen LogP contribution is -2.13. The van der Waals surface area contributed by atoms with Gasteiger partial charge in [0, 0.05) is 23.5 Å². The lowest BCUT2D eigenvalue weighted by atomic mass is 10.0. The molecule has 2 N–H and O–H groups in total. The average Bonchev–Trinajstić information content (AvgIpc) is 2.47. The van der Waals surface area contributed by atoms with Crippen molar-refractivity contribution in [3.63, 3.8) is 0 Å². The zero-order chi connectivity index (χ0) is 13.5. The van der Waals surface area contributed by atoms with Gasteiger partial charge in [-0.1, -0.05) is 24.3 Å². The largest absolute Gasteiger partial charge is 0.494 e. The van der Waals surface area contributed by atoms with Crippen LogP contribution in [0.2, 0.25) is 0 Å². The van der Waals surface area contributed by atoms with Gasteiger partial charge in [0.05, 0.1) is 6.61 Å². The second-order valence-corrected chi connectivity index (χ2v) is 4.44. The van der Waals surface area contributed by atoms with Gasteiger partial charge in [-0.2, -0.15) is 0 Å². The number of benzene rings is 1. The summed E-state index contributed by atoms with van der Waals surface area (Å²) >= 11 is 0. The van der Waals surface area contributed by atoms with Crippen molar-refractivity contribution in [2.24, 2.45) is 5.73 Å². The summed E-state index contributed by atoms with van der Waals surface area (Å²) in [6, 6.07) is 13.9. The maximum Gasteiger partial charge on any atom is 0.124 e. The van der Waals surface area contributed by atoms with Gasteiger partial charge in [0.25, 0.3) is 0 Å². The van der Waals surface area contributed by atoms with Gasteiger partial charge >= 0.3 is 0 Å². The fourth-order valence-electron chi connectivity index (χ4n) is 2.08. The number of rotatable bonds is 6. The van der Waals surface area contributed by atoms with Gasteiger partial charge in [-0.3, -0.25) is 4.98 Å². The Balaban J connectivity index is 2.01. The van der Waals surface area contributed by atoms with Crippen LogP contribution in [0.4, 0.5) is 0 Å². The van der Waals surface area contributed by atoms with E-state index in [4.69, 9.17) is 10.5 Å². The topological polar surface area (TPSA) is 48.1 Å². The Hall–Kier alpha value is -1.87. The van der Waals surface area contributed by atoms with Crippen LogP contribution in [0.1, 0.15) is 30.6 Å². The summed E-state index contributed by atoms with van der Waals surface area (Å²) in [4.78, 5) is 4.32. The average molecular weight is 256 g/mol. The van der Waals surface area contributed by atoms with E-state index in [9.17, 15) is 0 Å². The van der Waals surface area contributed by atoms with E-state index in [1.54, 1.807) is 0 Å². The fourth-order valence-corrected chi connectivity index (χ4v) is 2.08. The number of para-hydroxylation sites is 1. The van der Waals surface area contributed by atoms with E-state index < -0.39 is 0 Å². The molecule has 0 spiro atoms. The van der Waals surface area contributed by atoms with Crippen LogP contribution in [0.3, 0.4) is 0 Å². The Morgan fingerprint density at radius 2 is 1.95 bits per heavy atom. The third-order valence-electron chi connectivity index (χ3n) is 3.06. The minimum atomic E-state index is -0.0234. The van der Waals surface area contributed by atoms with Gasteiger partial charge in [0.2, 0.25) is 0 Å². The maximum atomic E-state index is 6.27. The number of nitrogens with zero attached hydrogens (tertiary/aromatic N) is 1. The highest BCUT2D eigenvalue weighted by atomic mass is 16.5. The molecule has 3 heteroatoms. The van der Waals surface area contributed by atoms with Crippen molar-refractivity contribution in [2.75, 3.05) is 6.61 Å². The van der Waals surface area contributed by atoms with Gasteiger partial charge in [-0.05, 0) is 38.0 Å². The van der Waals surface area contributed by atoms with E-state index >= 15 is 0 Å². The van der Waals surface area contributed by atoms with Crippen LogP contribution in [0.5, 0.6) is 5.75 Å². The fraction of sp³-hybridized carbons (Fsp3) is 0.312. The van der Waals surface area contributed by atoms with E-state index in [0.717, 1.165) is 29.8 Å². The van der Waals surface area contributed by atoms with Gasteiger partial charge in [-0.25, -0.2) is 0 Å². The zero-order valence-electron chi connectivity index (χ0n) is 11.3. The highest BCUT2D eigenvalue weighted by Gasteiger charge is 2.11. The molecule has 0 saturated heterocycles. The second kappa shape index (κ2) is 6.90. The second-order valence-electron chi connectivity index (χ2n) is 4.44. The molecule has 0 aliphatic carbocycles. The molecular weight excluding hydrogens is 236 g/mol. The molecule has 2 aromatic rings. The van der Waals surface area contributed by atoms with Crippen molar-refractivity contribution in [1.29, 1.82) is 0 Å². The molecule has 1 aromatic heterocycles. The highest BCUT2D eigenvalue weighted by molar-refractivity contribution is 5.35. The first-order valence-corrected chi connectivity index (χ1v) is 6.68. The van der Waals surface area contributed by atoms with Gasteiger partial charge in [-0.15, -0.1) is 0 Å². The summed E-state index contributed by atoms with van der Waals surface area (Å²) in [5.41, 5.74) is 8.41. The number of aromatic nitrogens is 1. The van der Waals surface area contributed by atoms with Crippen molar-refractivity contribution in [2.45, 2.75) is 25.8 Å². The van der Waals surface area contributed by atoms with E-state index in [1.807, 2.05) is 55.6 Å². The Labute approximate surface area is 114 Å². The Kier molecular flexibility index (Phi) is 4.93. The quantitative estimate of drug-likeness (QED) is 0.864. The van der Waals surface area contributed by atoms with Crippen molar-refractivity contribution >= 4 is 0 Å². The molecule has 0 saturated carbocycles. The van der Waals surface area contributed by atoms with Crippen molar-refractivity contribution in [3.8, 4) is 5.75 Å². The first-order chi connectivity index (χ1) is 9.31. The van der Waals surface area contributed by atoms with Gasteiger partial charge in [0.1, 0.15) is 5.75 Å². The van der Waals surface area contributed by atoms with E-state index in [0.29, 0.717) is 6.61 Å². The number of nitrogens with two attached hydrogens (primary N) is 1. The molecule has 3 nitrogen and oxygen atoms in total. The molecule has 1 atom stereocenters. The van der Waals surface area contributed by atoms with Crippen LogP contribution < -0.4 is 10.5 Å². The highest BCUT2D eigenvalue weighted by Crippen LogP contribution is 2.26. The maximum absolute atomic E-state index is 6.27. The standard InChI is InChI=1S/C16H20N2O/c1-2-19-16-9-4-3-8-14(16)15(17)11-10-13-7-5-6-12-18-13/h3-9,12,15H,2,10-11,17H2,1H3. The summed E-state index contributed by atoms with van der Waals surface area (Å²) in [5.74, 6) is 0.888. The number of aryl methyl sites for hydroxylation is 1. The minimum absolute atomic E-state index is 0.0234. The predicted molar refractivity (Wildman–Crippen MR) is 77.1 cm³/mol. The smallest absolute Gasteiger partial charge is 0.124 e. The summed E-state index contributed by atoms with van der Waals surface area (Å²) in [7, 11) is 0. The van der Waals surface area contributed by atoms with Gasteiger partial charge < -0.3 is 10.5 Å². The van der Waals surface area contributed by atoms with E-state index in [2.05, 4.69) is 4.98 Å². The first kappa shape index (κ1) is 13.6. The molecule has 2 rings (SSSR count). The number of hydrogen-bond acceptors (Lipinski definition) is 3. The molecule has 0 fully saturated rings. The van der Waals surface area contributed by atoms with Crippen LogP contribution in [0, 0.1) is 0 Å². The number of hydrogen-bond donors (Lipinski definition) is 1. The van der Waals surface area contributed by atoms with Crippen LogP contribution in [0.25, 0.3) is 0 Å². The predicted octanol–water partition coefficient (Wildman–Crippen LogP) is 3.11. The van der Waals surface area contributed by atoms with Crippen LogP contribution >= 0.6 is 0 Å². The third kappa shape index (κ3) is 3.80. The molecule has 100 valence electrons. The third-order valence-corrected chi connectivity index (χ3v) is 3.06. The summed E-state index contributed by atoms with van der Waals surface area (Å²) in [6.45, 7) is 2.64. The number of ether oxygens (including phenoxy) is 1. The molecule has 1 unspecified atom stereocenters. The van der Waals surface area contributed by atoms with E-state index in [-0.39, 0.29) is 6.04 Å². The zero-order valence-corrected chi connectivity index (χ0v) is 11.3. The van der Waals surface area contributed by atoms with Crippen LogP contribution in [-0.2, 0) is 6.42 Å². The Morgan fingerprint density at radius 3 is 2.68 bits per heavy atom. The van der Waals surface area contributed by atoms with Crippen molar-refractivity contribution in [3.05, 3.63) is 59.9 Å². The minimum Gasteiger partial charge on any atom is -0.494 e. The van der Waals surface area contributed by atoms with Crippen molar-refractivity contribution in [1.82, 2.24) is 4.98 Å². The summed E-state index contributed by atoms with van der Waals surface area (Å²) < 4.78 is 5.61. The molecule has 0 radical (unpaired) electrons. The lowest BCUT2D eigenvalue weighted by molar-refractivity contribution is 0.333. The Bertz CT molecular complexity index is 499. The van der Waals surface area contributed by atoms with E-state index in [1.165, 1.54) is 0 Å². The van der Waals surface area contributed by atoms with Crippen LogP contribution in [0.15, 0.2) is 48.7 Å². The molecule has 1 aromatic carbocycles. The lowest BCUT2D eigenvalue weighted by Gasteiger charge is -2.16. The molecule has 0 bridgehead atoms. The molecule has 0 amide bonds. The normalized spacial score (nSPS) is 12.1. The molecule has 0 aliphatic rings. The van der Waals surface area contributed by atoms with Gasteiger partial charge in [0.15, 0.2) is 0 Å². The summed E-state index contributed by atoms with van der Waals surface area (Å²) in [5, 5.41) is 0. The number of pyridine rings is 1. The first-order valence-electron chi connectivity index (χ1n) is 6.68. The van der Waals surface area contributed by atoms with Crippen molar-refractivity contribution < 1.29 is 4.74 Å². The molecule has 1 heterocycles. The summed E-state index contributed by atoms with van der Waals surface area (Å²) in [6.07, 6.45) is 3.55. The molecule has 0 aliphatic heterocycles. The van der Waals surface area contributed by atoms with Crippen LogP contribution in [-0.4, -0.2) is 11.6 Å². The molecule has 19 heavy (non-hydrogen) atoms. The molecular formula is C16H20N2O. The monoisotopic (exact) mass is 256 g/mol. The Morgan fingerprint density at radius 1 is 1.16 bits per heavy atom.